The van der Waals surface area contributed by atoms with E-state index in [9.17, 15) is 4.79 Å². The zero-order chi connectivity index (χ0) is 13.8. The molecule has 0 unspecified atom stereocenters. The van der Waals surface area contributed by atoms with Crippen molar-refractivity contribution in [2.45, 2.75) is 25.8 Å². The van der Waals surface area contributed by atoms with Gasteiger partial charge in [0.1, 0.15) is 5.75 Å². The quantitative estimate of drug-likeness (QED) is 0.809. The third-order valence-corrected chi connectivity index (χ3v) is 3.51. The Hall–Kier alpha value is -1.91. The second-order valence-electron chi connectivity index (χ2n) is 4.85. The van der Waals surface area contributed by atoms with Crippen LogP contribution in [0.25, 0.3) is 0 Å². The summed E-state index contributed by atoms with van der Waals surface area (Å²) in [5.41, 5.74) is 7.80. The number of para-hydroxylation sites is 1. The van der Waals surface area contributed by atoms with Crippen molar-refractivity contribution in [3.8, 4) is 5.75 Å². The fourth-order valence-corrected chi connectivity index (χ4v) is 2.54. The van der Waals surface area contributed by atoms with Gasteiger partial charge >= 0.3 is 0 Å². The molecule has 1 aliphatic rings. The Morgan fingerprint density at radius 2 is 2.11 bits per heavy atom. The summed E-state index contributed by atoms with van der Waals surface area (Å²) < 4.78 is 5.24. The van der Waals surface area contributed by atoms with Crippen molar-refractivity contribution in [3.63, 3.8) is 0 Å². The first kappa shape index (κ1) is 13.5. The Labute approximate surface area is 113 Å². The van der Waals surface area contributed by atoms with Gasteiger partial charge in [-0.05, 0) is 25.0 Å². The SMILES string of the molecule is COc1cccc(N2CCC(NC(C)=O)CC2)c1N. The number of nitrogens with two attached hydrogens (primary N) is 1. The van der Waals surface area contributed by atoms with Crippen LogP contribution in [0.4, 0.5) is 11.4 Å². The normalized spacial score (nSPS) is 16.2. The molecule has 1 aliphatic heterocycles. The molecule has 0 radical (unpaired) electrons. The van der Waals surface area contributed by atoms with Gasteiger partial charge in [0, 0.05) is 26.1 Å². The van der Waals surface area contributed by atoms with Crippen LogP contribution in [0.1, 0.15) is 19.8 Å². The molecule has 3 N–H and O–H groups in total. The number of hydrogen-bond acceptors (Lipinski definition) is 4. The minimum absolute atomic E-state index is 0.0411. The van der Waals surface area contributed by atoms with E-state index in [1.807, 2.05) is 18.2 Å². The second kappa shape index (κ2) is 5.82. The van der Waals surface area contributed by atoms with E-state index in [4.69, 9.17) is 10.5 Å². The van der Waals surface area contributed by atoms with Crippen molar-refractivity contribution < 1.29 is 9.53 Å². The maximum Gasteiger partial charge on any atom is 0.217 e. The van der Waals surface area contributed by atoms with Crippen LogP contribution in [0.2, 0.25) is 0 Å². The Balaban J connectivity index is 2.03. The zero-order valence-electron chi connectivity index (χ0n) is 11.5. The maximum atomic E-state index is 11.0. The summed E-state index contributed by atoms with van der Waals surface area (Å²) in [5, 5.41) is 2.97. The topological polar surface area (TPSA) is 67.6 Å². The van der Waals surface area contributed by atoms with Gasteiger partial charge in [-0.25, -0.2) is 0 Å². The molecule has 104 valence electrons. The van der Waals surface area contributed by atoms with Crippen LogP contribution in [0.15, 0.2) is 18.2 Å². The number of benzene rings is 1. The van der Waals surface area contributed by atoms with Crippen LogP contribution < -0.4 is 20.7 Å². The number of hydrogen-bond donors (Lipinski definition) is 2. The number of anilines is 2. The molecule has 5 heteroatoms. The number of methoxy groups -OCH3 is 1. The maximum absolute atomic E-state index is 11.0. The van der Waals surface area contributed by atoms with Gasteiger partial charge in [-0.1, -0.05) is 6.07 Å². The van der Waals surface area contributed by atoms with Gasteiger partial charge < -0.3 is 20.7 Å². The van der Waals surface area contributed by atoms with Crippen LogP contribution in [0.3, 0.4) is 0 Å². The van der Waals surface area contributed by atoms with Gasteiger partial charge in [-0.3, -0.25) is 4.79 Å². The molecule has 19 heavy (non-hydrogen) atoms. The van der Waals surface area contributed by atoms with Crippen LogP contribution in [-0.2, 0) is 4.79 Å². The molecule has 1 fully saturated rings. The highest BCUT2D eigenvalue weighted by Crippen LogP contribution is 2.33. The summed E-state index contributed by atoms with van der Waals surface area (Å²) in [6.45, 7) is 3.34. The van der Waals surface area contributed by atoms with E-state index in [1.165, 1.54) is 0 Å². The van der Waals surface area contributed by atoms with E-state index in [2.05, 4.69) is 10.2 Å². The first-order valence-corrected chi connectivity index (χ1v) is 6.56. The van der Waals surface area contributed by atoms with E-state index in [0.717, 1.165) is 31.6 Å². The van der Waals surface area contributed by atoms with Gasteiger partial charge in [-0.15, -0.1) is 0 Å². The number of nitrogen functional groups attached to an aromatic ring is 1. The number of nitrogens with zero attached hydrogens (tertiary/aromatic N) is 1. The number of carbonyl (C=O) groups excluding carboxylic acids is 1. The van der Waals surface area contributed by atoms with E-state index < -0.39 is 0 Å². The predicted molar refractivity (Wildman–Crippen MR) is 76.5 cm³/mol. The summed E-state index contributed by atoms with van der Waals surface area (Å²) >= 11 is 0. The molecule has 0 atom stereocenters. The predicted octanol–water partition coefficient (Wildman–Crippen LogP) is 1.38. The average molecular weight is 263 g/mol. The highest BCUT2D eigenvalue weighted by molar-refractivity contribution is 5.75. The number of carbonyl (C=O) groups is 1. The first-order chi connectivity index (χ1) is 9.11. The molecule has 1 aromatic rings. The van der Waals surface area contributed by atoms with Crippen LogP contribution in [0.5, 0.6) is 5.75 Å². The largest absolute Gasteiger partial charge is 0.495 e. The highest BCUT2D eigenvalue weighted by atomic mass is 16.5. The van der Waals surface area contributed by atoms with Crippen LogP contribution in [-0.4, -0.2) is 32.1 Å². The van der Waals surface area contributed by atoms with E-state index >= 15 is 0 Å². The van der Waals surface area contributed by atoms with E-state index in [-0.39, 0.29) is 11.9 Å². The number of piperidine rings is 1. The molecule has 0 aliphatic carbocycles. The van der Waals surface area contributed by atoms with Gasteiger partial charge in [0.2, 0.25) is 5.91 Å². The average Bonchev–Trinajstić information content (AvgIpc) is 2.39. The molecule has 1 amide bonds. The Bertz CT molecular complexity index is 454. The number of ether oxygens (including phenoxy) is 1. The number of amides is 1. The van der Waals surface area contributed by atoms with Crippen LogP contribution in [0, 0.1) is 0 Å². The molecule has 0 bridgehead atoms. The fraction of sp³-hybridized carbons (Fsp3) is 0.500. The minimum Gasteiger partial charge on any atom is -0.495 e. The smallest absolute Gasteiger partial charge is 0.217 e. The lowest BCUT2D eigenvalue weighted by Crippen LogP contribution is -2.44. The summed E-state index contributed by atoms with van der Waals surface area (Å²) in [6, 6.07) is 6.10. The molecule has 5 nitrogen and oxygen atoms in total. The van der Waals surface area contributed by atoms with Gasteiger partial charge in [-0.2, -0.15) is 0 Å². The van der Waals surface area contributed by atoms with E-state index in [0.29, 0.717) is 11.4 Å². The zero-order valence-corrected chi connectivity index (χ0v) is 11.5. The molecule has 1 saturated heterocycles. The molecule has 1 heterocycles. The third-order valence-electron chi connectivity index (χ3n) is 3.51. The standard InChI is InChI=1S/C14H21N3O2/c1-10(18)16-11-6-8-17(9-7-11)12-4-3-5-13(19-2)14(12)15/h3-5,11H,6-9,15H2,1-2H3,(H,16,18). The third kappa shape index (κ3) is 3.10. The van der Waals surface area contributed by atoms with Gasteiger partial charge in [0.25, 0.3) is 0 Å². The molecular weight excluding hydrogens is 242 g/mol. The lowest BCUT2D eigenvalue weighted by molar-refractivity contribution is -0.119. The van der Waals surface area contributed by atoms with Crippen molar-refractivity contribution in [3.05, 3.63) is 18.2 Å². The monoisotopic (exact) mass is 263 g/mol. The number of rotatable bonds is 3. The molecular formula is C14H21N3O2. The summed E-state index contributed by atoms with van der Waals surface area (Å²) in [4.78, 5) is 13.3. The fourth-order valence-electron chi connectivity index (χ4n) is 2.54. The number of nitrogens with one attached hydrogen (secondary N) is 1. The molecule has 0 spiro atoms. The summed E-state index contributed by atoms with van der Waals surface area (Å²) in [5.74, 6) is 0.751. The molecule has 1 aromatic carbocycles. The lowest BCUT2D eigenvalue weighted by Gasteiger charge is -2.34. The second-order valence-corrected chi connectivity index (χ2v) is 4.85. The highest BCUT2D eigenvalue weighted by Gasteiger charge is 2.21. The van der Waals surface area contributed by atoms with E-state index in [1.54, 1.807) is 14.0 Å². The van der Waals surface area contributed by atoms with Crippen LogP contribution >= 0.6 is 0 Å². The minimum atomic E-state index is 0.0411. The van der Waals surface area contributed by atoms with Crippen molar-refractivity contribution in [1.82, 2.24) is 5.32 Å². The lowest BCUT2D eigenvalue weighted by atomic mass is 10.0. The summed E-state index contributed by atoms with van der Waals surface area (Å²) in [6.07, 6.45) is 1.88. The summed E-state index contributed by atoms with van der Waals surface area (Å²) in [7, 11) is 1.62. The van der Waals surface area contributed by atoms with Crippen molar-refractivity contribution >= 4 is 17.3 Å². The van der Waals surface area contributed by atoms with Crippen molar-refractivity contribution in [1.29, 1.82) is 0 Å². The van der Waals surface area contributed by atoms with Crippen molar-refractivity contribution in [2.75, 3.05) is 30.8 Å². The molecule has 2 rings (SSSR count). The Kier molecular flexibility index (Phi) is 4.14. The van der Waals surface area contributed by atoms with Crippen molar-refractivity contribution in [2.24, 2.45) is 0 Å². The van der Waals surface area contributed by atoms with Gasteiger partial charge in [0.15, 0.2) is 0 Å². The van der Waals surface area contributed by atoms with Gasteiger partial charge in [0.05, 0.1) is 18.5 Å². The molecule has 0 aromatic heterocycles. The Morgan fingerprint density at radius 1 is 1.42 bits per heavy atom. The first-order valence-electron chi connectivity index (χ1n) is 6.56. The molecule has 0 saturated carbocycles. The Morgan fingerprint density at radius 3 is 2.68 bits per heavy atom.